The van der Waals surface area contributed by atoms with Gasteiger partial charge in [-0.25, -0.2) is 0 Å². The molecule has 0 aliphatic heterocycles. The average Bonchev–Trinajstić information content (AvgIpc) is 2.78. The number of nitrogens with one attached hydrogen (secondary N) is 1. The van der Waals surface area contributed by atoms with Crippen molar-refractivity contribution in [1.29, 1.82) is 0 Å². The van der Waals surface area contributed by atoms with Gasteiger partial charge in [0.05, 0.1) is 18.8 Å². The van der Waals surface area contributed by atoms with E-state index in [4.69, 9.17) is 4.74 Å². The number of rotatable bonds is 5. The van der Waals surface area contributed by atoms with Gasteiger partial charge in [-0.05, 0) is 51.8 Å². The number of hydrogen-bond acceptors (Lipinski definition) is 3. The maximum absolute atomic E-state index is 5.69. The lowest BCUT2D eigenvalue weighted by atomic mass is 10.2. The van der Waals surface area contributed by atoms with E-state index in [1.165, 1.54) is 24.1 Å². The maximum atomic E-state index is 5.69. The van der Waals surface area contributed by atoms with Gasteiger partial charge in [-0.3, -0.25) is 0 Å². The summed E-state index contributed by atoms with van der Waals surface area (Å²) in [4.78, 5) is 3.03. The van der Waals surface area contributed by atoms with Gasteiger partial charge in [0.2, 0.25) is 0 Å². The lowest BCUT2D eigenvalue weighted by molar-refractivity contribution is 0.0632. The molecule has 0 saturated carbocycles. The van der Waals surface area contributed by atoms with E-state index < -0.39 is 0 Å². The van der Waals surface area contributed by atoms with Crippen LogP contribution in [0.4, 0.5) is 0 Å². The lowest BCUT2D eigenvalue weighted by Crippen LogP contribution is -2.22. The molecule has 1 aromatic heterocycles. The number of ether oxygens (including phenoxy) is 1. The second-order valence-electron chi connectivity index (χ2n) is 4.67. The quantitative estimate of drug-likeness (QED) is 0.853. The van der Waals surface area contributed by atoms with Crippen molar-refractivity contribution in [1.82, 2.24) is 5.32 Å². The van der Waals surface area contributed by atoms with Crippen molar-refractivity contribution in [3.63, 3.8) is 0 Å². The largest absolute Gasteiger partial charge is 0.377 e. The van der Waals surface area contributed by atoms with Crippen molar-refractivity contribution in [3.05, 3.63) is 21.4 Å². The van der Waals surface area contributed by atoms with Gasteiger partial charge in [-0.2, -0.15) is 0 Å². The zero-order valence-corrected chi connectivity index (χ0v) is 11.2. The molecule has 1 unspecified atom stereocenters. The average molecular weight is 239 g/mol. The summed E-state index contributed by atoms with van der Waals surface area (Å²) >= 11 is 1.96. The fourth-order valence-electron chi connectivity index (χ4n) is 2.12. The van der Waals surface area contributed by atoms with Crippen molar-refractivity contribution in [2.24, 2.45) is 0 Å². The molecule has 2 nitrogen and oxygen atoms in total. The predicted octanol–water partition coefficient (Wildman–Crippen LogP) is 2.92. The SMILES string of the molecule is CNC(COC(C)C)c1cc2c(s1)CCC2. The van der Waals surface area contributed by atoms with Crippen molar-refractivity contribution in [3.8, 4) is 0 Å². The first-order chi connectivity index (χ1) is 7.70. The first kappa shape index (κ1) is 12.1. The third-order valence-corrected chi connectivity index (χ3v) is 4.40. The minimum atomic E-state index is 0.308. The van der Waals surface area contributed by atoms with Gasteiger partial charge in [0.1, 0.15) is 0 Å². The number of fused-ring (bicyclic) bond motifs is 1. The fourth-order valence-corrected chi connectivity index (χ4v) is 3.47. The normalized spacial score (nSPS) is 16.8. The van der Waals surface area contributed by atoms with Crippen LogP contribution in [0.15, 0.2) is 6.07 Å². The van der Waals surface area contributed by atoms with E-state index in [9.17, 15) is 0 Å². The standard InChI is InChI=1S/C13H21NOS/c1-9(2)15-8-11(14-3)13-7-10-5-4-6-12(10)16-13/h7,9,11,14H,4-6,8H2,1-3H3. The van der Waals surface area contributed by atoms with Crippen LogP contribution in [0.3, 0.4) is 0 Å². The van der Waals surface area contributed by atoms with Gasteiger partial charge in [0.25, 0.3) is 0 Å². The lowest BCUT2D eigenvalue weighted by Gasteiger charge is -2.16. The van der Waals surface area contributed by atoms with E-state index in [-0.39, 0.29) is 0 Å². The smallest absolute Gasteiger partial charge is 0.0672 e. The molecule has 1 aliphatic rings. The van der Waals surface area contributed by atoms with Gasteiger partial charge in [-0.15, -0.1) is 11.3 Å². The van der Waals surface area contributed by atoms with E-state index >= 15 is 0 Å². The van der Waals surface area contributed by atoms with Gasteiger partial charge in [0, 0.05) is 9.75 Å². The molecule has 0 bridgehead atoms. The number of aryl methyl sites for hydroxylation is 2. The highest BCUT2D eigenvalue weighted by Gasteiger charge is 2.19. The Labute approximate surface area is 102 Å². The molecule has 1 aromatic rings. The molecule has 0 radical (unpaired) electrons. The molecular weight excluding hydrogens is 218 g/mol. The van der Waals surface area contributed by atoms with Crippen LogP contribution < -0.4 is 5.32 Å². The van der Waals surface area contributed by atoms with E-state index in [1.54, 1.807) is 10.4 Å². The van der Waals surface area contributed by atoms with Gasteiger partial charge < -0.3 is 10.1 Å². The van der Waals surface area contributed by atoms with Crippen molar-refractivity contribution >= 4 is 11.3 Å². The highest BCUT2D eigenvalue weighted by atomic mass is 32.1. The van der Waals surface area contributed by atoms with Crippen LogP contribution in [0.1, 0.15) is 41.6 Å². The molecule has 0 fully saturated rings. The Morgan fingerprint density at radius 2 is 2.25 bits per heavy atom. The van der Waals surface area contributed by atoms with Crippen LogP contribution in [-0.2, 0) is 17.6 Å². The topological polar surface area (TPSA) is 21.3 Å². The van der Waals surface area contributed by atoms with E-state index in [2.05, 4.69) is 25.2 Å². The predicted molar refractivity (Wildman–Crippen MR) is 69.2 cm³/mol. The molecule has 0 amide bonds. The van der Waals surface area contributed by atoms with Crippen molar-refractivity contribution in [2.75, 3.05) is 13.7 Å². The van der Waals surface area contributed by atoms with Gasteiger partial charge in [-0.1, -0.05) is 0 Å². The highest BCUT2D eigenvalue weighted by molar-refractivity contribution is 7.12. The maximum Gasteiger partial charge on any atom is 0.0672 e. The molecule has 3 heteroatoms. The van der Waals surface area contributed by atoms with Crippen molar-refractivity contribution < 1.29 is 4.74 Å². The molecule has 0 spiro atoms. The second kappa shape index (κ2) is 5.30. The van der Waals surface area contributed by atoms with Crippen LogP contribution in [0, 0.1) is 0 Å². The molecule has 1 aliphatic carbocycles. The zero-order chi connectivity index (χ0) is 11.5. The minimum Gasteiger partial charge on any atom is -0.377 e. The highest BCUT2D eigenvalue weighted by Crippen LogP contribution is 2.33. The first-order valence-electron chi connectivity index (χ1n) is 6.11. The molecule has 0 saturated heterocycles. The first-order valence-corrected chi connectivity index (χ1v) is 6.92. The third kappa shape index (κ3) is 2.65. The Morgan fingerprint density at radius 1 is 1.44 bits per heavy atom. The van der Waals surface area contributed by atoms with E-state index in [0.717, 1.165) is 6.61 Å². The van der Waals surface area contributed by atoms with Crippen LogP contribution in [-0.4, -0.2) is 19.8 Å². The summed E-state index contributed by atoms with van der Waals surface area (Å²) in [5.41, 5.74) is 1.57. The Morgan fingerprint density at radius 3 is 2.88 bits per heavy atom. The summed E-state index contributed by atoms with van der Waals surface area (Å²) < 4.78 is 5.69. The van der Waals surface area contributed by atoms with Gasteiger partial charge >= 0.3 is 0 Å². The van der Waals surface area contributed by atoms with Crippen molar-refractivity contribution in [2.45, 2.75) is 45.3 Å². The third-order valence-electron chi connectivity index (χ3n) is 3.05. The summed E-state index contributed by atoms with van der Waals surface area (Å²) in [7, 11) is 2.01. The van der Waals surface area contributed by atoms with E-state index in [0.29, 0.717) is 12.1 Å². The van der Waals surface area contributed by atoms with Crippen LogP contribution in [0.2, 0.25) is 0 Å². The van der Waals surface area contributed by atoms with Crippen LogP contribution in [0.25, 0.3) is 0 Å². The van der Waals surface area contributed by atoms with Gasteiger partial charge in [0.15, 0.2) is 0 Å². The number of likely N-dealkylation sites (N-methyl/N-ethyl adjacent to an activating group) is 1. The molecule has 0 aromatic carbocycles. The minimum absolute atomic E-state index is 0.308. The Kier molecular flexibility index (Phi) is 4.00. The fraction of sp³-hybridized carbons (Fsp3) is 0.692. The van der Waals surface area contributed by atoms with Crippen LogP contribution in [0.5, 0.6) is 0 Å². The monoisotopic (exact) mass is 239 g/mol. The molecule has 1 heterocycles. The molecule has 1 N–H and O–H groups in total. The molecule has 90 valence electrons. The summed E-state index contributed by atoms with van der Waals surface area (Å²) in [5.74, 6) is 0. The molecule has 16 heavy (non-hydrogen) atoms. The Bertz CT molecular complexity index is 324. The molecule has 1 atom stereocenters. The number of thiophene rings is 1. The summed E-state index contributed by atoms with van der Waals surface area (Å²) in [6.07, 6.45) is 4.20. The molecule has 2 rings (SSSR count). The van der Waals surface area contributed by atoms with Crippen LogP contribution >= 0.6 is 11.3 Å². The Balaban J connectivity index is 2.02. The second-order valence-corrected chi connectivity index (χ2v) is 5.84. The van der Waals surface area contributed by atoms with E-state index in [1.807, 2.05) is 18.4 Å². The zero-order valence-electron chi connectivity index (χ0n) is 10.4. The number of hydrogen-bond donors (Lipinski definition) is 1. The summed E-state index contributed by atoms with van der Waals surface area (Å²) in [6.45, 7) is 4.94. The molecular formula is C13H21NOS. The summed E-state index contributed by atoms with van der Waals surface area (Å²) in [5, 5.41) is 3.35. The Hall–Kier alpha value is -0.380. The summed E-state index contributed by atoms with van der Waals surface area (Å²) in [6, 6.07) is 2.73.